The summed E-state index contributed by atoms with van der Waals surface area (Å²) in [6.07, 6.45) is 0.770. The molecule has 9 nitrogen and oxygen atoms in total. The van der Waals surface area contributed by atoms with Crippen molar-refractivity contribution in [3.05, 3.63) is 42.2 Å². The number of primary amides is 1. The molecule has 0 saturated heterocycles. The van der Waals surface area contributed by atoms with E-state index in [1.807, 2.05) is 0 Å². The van der Waals surface area contributed by atoms with Crippen molar-refractivity contribution >= 4 is 34.3 Å². The number of rotatable bonds is 6. The van der Waals surface area contributed by atoms with Crippen LogP contribution in [0.25, 0.3) is 16.8 Å². The molecule has 0 radical (unpaired) electrons. The summed E-state index contributed by atoms with van der Waals surface area (Å²) in [7, 11) is -8.85. The summed E-state index contributed by atoms with van der Waals surface area (Å²) in [6.45, 7) is 0. The topological polar surface area (TPSA) is 161 Å². The van der Waals surface area contributed by atoms with E-state index in [-0.39, 0.29) is 40.1 Å². The fourth-order valence-corrected chi connectivity index (χ4v) is 5.14. The molecule has 1 aliphatic carbocycles. The van der Waals surface area contributed by atoms with E-state index >= 15 is 0 Å². The van der Waals surface area contributed by atoms with Crippen LogP contribution in [0, 0.1) is 5.92 Å². The molecule has 2 aromatic rings. The Kier molecular flexibility index (Phi) is 6.62. The first kappa shape index (κ1) is 24.1. The third kappa shape index (κ3) is 5.09. The zero-order valence-corrected chi connectivity index (χ0v) is 18.4. The van der Waals surface area contributed by atoms with Gasteiger partial charge in [0.1, 0.15) is 18.0 Å². The molecule has 1 saturated carbocycles. The van der Waals surface area contributed by atoms with Gasteiger partial charge in [0.15, 0.2) is 15.3 Å². The van der Waals surface area contributed by atoms with Crippen LogP contribution in [-0.2, 0) is 19.2 Å². The Balaban J connectivity index is 2.24. The summed E-state index contributed by atoms with van der Waals surface area (Å²) in [5.74, 6) is -1.53. The van der Waals surface area contributed by atoms with Crippen molar-refractivity contribution in [2.45, 2.75) is 30.1 Å². The predicted octanol–water partition coefficient (Wildman–Crippen LogP) is 1.31. The number of hydrogen-bond acceptors (Lipinski definition) is 6. The summed E-state index contributed by atoms with van der Waals surface area (Å²) in [5, 5.41) is 0. The number of nitrogens with two attached hydrogens (primary N) is 1. The van der Waals surface area contributed by atoms with Crippen molar-refractivity contribution < 1.29 is 36.3 Å². The molecule has 3 atom stereocenters. The number of sulfone groups is 1. The van der Waals surface area contributed by atoms with E-state index in [4.69, 9.17) is 5.73 Å². The van der Waals surface area contributed by atoms with Gasteiger partial charge in [-0.2, -0.15) is 0 Å². The molecule has 0 spiro atoms. The van der Waals surface area contributed by atoms with E-state index in [1.54, 1.807) is 0 Å². The minimum absolute atomic E-state index is 0.0972. The van der Waals surface area contributed by atoms with Gasteiger partial charge in [-0.3, -0.25) is 14.3 Å². The molecule has 1 aromatic heterocycles. The van der Waals surface area contributed by atoms with Crippen molar-refractivity contribution in [3.63, 3.8) is 0 Å². The number of aromatic nitrogens is 2. The van der Waals surface area contributed by atoms with Gasteiger partial charge >= 0.3 is 7.60 Å². The van der Waals surface area contributed by atoms with Gasteiger partial charge in [0.05, 0.1) is 4.90 Å². The average molecular weight is 487 g/mol. The number of allylic oxidation sites excluding steroid dienone is 1. The van der Waals surface area contributed by atoms with Gasteiger partial charge < -0.3 is 15.5 Å². The van der Waals surface area contributed by atoms with Gasteiger partial charge in [-0.15, -0.1) is 0 Å². The Hall–Kier alpha value is -2.53. The molecular weight excluding hydrogens is 467 g/mol. The highest BCUT2D eigenvalue weighted by atomic mass is 32.2. The van der Waals surface area contributed by atoms with Crippen LogP contribution in [0.15, 0.2) is 41.6 Å². The quantitative estimate of drug-likeness (QED) is 0.406. The second kappa shape index (κ2) is 8.78. The van der Waals surface area contributed by atoms with Crippen molar-refractivity contribution in [1.29, 1.82) is 0 Å². The monoisotopic (exact) mass is 487 g/mol. The molecule has 1 heterocycles. The van der Waals surface area contributed by atoms with Crippen LogP contribution in [0.1, 0.15) is 18.4 Å². The highest BCUT2D eigenvalue weighted by Crippen LogP contribution is 2.39. The zero-order valence-electron chi connectivity index (χ0n) is 16.7. The van der Waals surface area contributed by atoms with Crippen molar-refractivity contribution in [2.24, 2.45) is 11.7 Å². The Morgan fingerprint density at radius 3 is 2.31 bits per heavy atom. The number of amides is 1. The number of carbonyl (C=O) groups excluding carboxylic acids is 1. The smallest absolute Gasteiger partial charge is 0.366 e. The van der Waals surface area contributed by atoms with Gasteiger partial charge in [0.25, 0.3) is 0 Å². The van der Waals surface area contributed by atoms with Crippen LogP contribution in [-0.4, -0.2) is 52.7 Å². The van der Waals surface area contributed by atoms with Crippen LogP contribution in [0.2, 0.25) is 0 Å². The van der Waals surface area contributed by atoms with Gasteiger partial charge in [-0.25, -0.2) is 22.2 Å². The number of benzene rings is 1. The van der Waals surface area contributed by atoms with E-state index in [9.17, 15) is 36.3 Å². The molecule has 3 rings (SSSR count). The lowest BCUT2D eigenvalue weighted by Gasteiger charge is -2.15. The first-order chi connectivity index (χ1) is 14.8. The summed E-state index contributed by atoms with van der Waals surface area (Å²) in [6, 6.07) is 3.60. The average Bonchev–Trinajstić information content (AvgIpc) is 3.01. The molecule has 1 unspecified atom stereocenters. The van der Waals surface area contributed by atoms with E-state index in [2.05, 4.69) is 9.97 Å². The Morgan fingerprint density at radius 1 is 1.19 bits per heavy atom. The normalized spacial score (nSPS) is 22.2. The number of halogens is 2. The molecule has 1 fully saturated rings. The molecule has 172 valence electrons. The van der Waals surface area contributed by atoms with Crippen molar-refractivity contribution in [2.75, 3.05) is 6.26 Å². The third-order valence-electron chi connectivity index (χ3n) is 5.02. The number of alkyl halides is 2. The van der Waals surface area contributed by atoms with Gasteiger partial charge in [-0.05, 0) is 36.5 Å². The Morgan fingerprint density at radius 2 is 1.78 bits per heavy atom. The Bertz CT molecular complexity index is 1240. The highest BCUT2D eigenvalue weighted by Gasteiger charge is 2.34. The minimum atomic E-state index is -4.95. The molecule has 0 aliphatic heterocycles. The van der Waals surface area contributed by atoms with Crippen LogP contribution >= 0.6 is 7.60 Å². The summed E-state index contributed by atoms with van der Waals surface area (Å²) >= 11 is 0. The maximum atomic E-state index is 13.6. The summed E-state index contributed by atoms with van der Waals surface area (Å²) < 4.78 is 63.7. The van der Waals surface area contributed by atoms with Gasteiger partial charge in [0, 0.05) is 29.8 Å². The van der Waals surface area contributed by atoms with E-state index in [0.29, 0.717) is 0 Å². The van der Waals surface area contributed by atoms with Gasteiger partial charge in [0.2, 0.25) is 5.91 Å². The lowest BCUT2D eigenvalue weighted by atomic mass is 9.96. The summed E-state index contributed by atoms with van der Waals surface area (Å²) in [4.78, 5) is 38.6. The van der Waals surface area contributed by atoms with E-state index in [1.165, 1.54) is 18.2 Å². The molecule has 1 aliphatic rings. The molecule has 1 aromatic carbocycles. The largest absolute Gasteiger partial charge is 0.376 e. The zero-order chi connectivity index (χ0) is 23.8. The molecule has 32 heavy (non-hydrogen) atoms. The van der Waals surface area contributed by atoms with E-state index in [0.717, 1.165) is 24.7 Å². The molecule has 1 amide bonds. The molecule has 4 N–H and O–H groups in total. The first-order valence-electron chi connectivity index (χ1n) is 9.30. The maximum absolute atomic E-state index is 13.6. The Labute approximate surface area is 182 Å². The van der Waals surface area contributed by atoms with Crippen LogP contribution in [0.5, 0.6) is 0 Å². The second-order valence-electron chi connectivity index (χ2n) is 7.46. The fourth-order valence-electron chi connectivity index (χ4n) is 3.60. The maximum Gasteiger partial charge on any atom is 0.376 e. The first-order valence-corrected chi connectivity index (χ1v) is 12.8. The number of nitrogens with zero attached hydrogens (tertiary/aromatic N) is 2. The molecule has 0 bridgehead atoms. The fraction of sp³-hybridized carbons (Fsp3) is 0.316. The SMILES string of the molecule is CS(=O)(=O)c1ccc(/C(=C\C2C[C@@H](F)[C@@H](F)C2)C(N)=O)cc1-c1nccnc1P(=O)(O)O. The lowest BCUT2D eigenvalue weighted by Crippen LogP contribution is -2.17. The standard InChI is InChI=1S/C19H20F2N3O6PS/c1-32(29,30)16-3-2-11(12(18(22)25)6-10-7-14(20)15(21)8-10)9-13(16)17-19(31(26,27)28)24-5-4-23-17/h2-6,9-10,14-15H,7-8H2,1H3,(H2,22,25)(H2,26,27,28)/b12-6+/t10?,14-,15+. The lowest BCUT2D eigenvalue weighted by molar-refractivity contribution is -0.112. The van der Waals surface area contributed by atoms with Crippen LogP contribution in [0.3, 0.4) is 0 Å². The van der Waals surface area contributed by atoms with Crippen LogP contribution < -0.4 is 11.2 Å². The second-order valence-corrected chi connectivity index (χ2v) is 11.0. The molecule has 13 heteroatoms. The van der Waals surface area contributed by atoms with Crippen molar-refractivity contribution in [3.8, 4) is 11.3 Å². The predicted molar refractivity (Wildman–Crippen MR) is 112 cm³/mol. The van der Waals surface area contributed by atoms with Crippen molar-refractivity contribution in [1.82, 2.24) is 9.97 Å². The molecular formula is C19H20F2N3O6PS. The van der Waals surface area contributed by atoms with Crippen LogP contribution in [0.4, 0.5) is 8.78 Å². The number of hydrogen-bond donors (Lipinski definition) is 3. The number of carbonyl (C=O) groups is 1. The third-order valence-corrected chi connectivity index (χ3v) is 7.05. The summed E-state index contributed by atoms with van der Waals surface area (Å²) in [5.41, 5.74) is 4.11. The van der Waals surface area contributed by atoms with Gasteiger partial charge in [-0.1, -0.05) is 12.1 Å². The minimum Gasteiger partial charge on any atom is -0.366 e. The van der Waals surface area contributed by atoms with E-state index < -0.39 is 47.0 Å². The highest BCUT2D eigenvalue weighted by molar-refractivity contribution is 7.90.